The smallest absolute Gasteiger partial charge is 0.305 e. The van der Waals surface area contributed by atoms with Crippen LogP contribution in [0.3, 0.4) is 0 Å². The lowest BCUT2D eigenvalue weighted by Gasteiger charge is -2.12. The van der Waals surface area contributed by atoms with Crippen molar-refractivity contribution >= 4 is 17.1 Å². The van der Waals surface area contributed by atoms with E-state index in [0.29, 0.717) is 11.1 Å². The number of rotatable bonds is 4. The quantitative estimate of drug-likeness (QED) is 0.719. The second kappa shape index (κ2) is 4.52. The first kappa shape index (κ1) is 11.6. The number of nitrogens with two attached hydrogens (primary N) is 1. The normalized spacial score (nSPS) is 14.7. The van der Waals surface area contributed by atoms with Crippen molar-refractivity contribution < 1.29 is 19.4 Å². The molecule has 0 bridgehead atoms. The van der Waals surface area contributed by atoms with Crippen molar-refractivity contribution in [3.8, 4) is 0 Å². The number of benzene rings is 1. The van der Waals surface area contributed by atoms with Crippen LogP contribution in [0, 0.1) is 0 Å². The molecule has 1 unspecified atom stereocenters. The molecule has 2 aromatic rings. The highest BCUT2D eigenvalue weighted by molar-refractivity contribution is 5.72. The maximum absolute atomic E-state index is 10.5. The summed E-state index contributed by atoms with van der Waals surface area (Å²) in [5, 5.41) is 18.4. The number of para-hydroxylation sites is 2. The lowest BCUT2D eigenvalue weighted by Crippen LogP contribution is -2.31. The standard InChI is InChI=1S/C11H12N2O4/c12-6(5-9(14)15)10(16)11-13-7-3-1-2-4-8(7)17-11/h1-4,6,10,16H,5,12H2,(H,14,15)/t6-,10?/m0/s1. The van der Waals surface area contributed by atoms with E-state index < -0.39 is 18.1 Å². The van der Waals surface area contributed by atoms with Gasteiger partial charge in [0.15, 0.2) is 5.58 Å². The van der Waals surface area contributed by atoms with Crippen LogP contribution in [0.2, 0.25) is 0 Å². The number of fused-ring (bicyclic) bond motifs is 1. The third kappa shape index (κ3) is 2.43. The fourth-order valence-corrected chi connectivity index (χ4v) is 1.51. The first-order chi connectivity index (χ1) is 8.08. The van der Waals surface area contributed by atoms with Gasteiger partial charge in [-0.05, 0) is 12.1 Å². The van der Waals surface area contributed by atoms with Gasteiger partial charge in [-0.3, -0.25) is 4.79 Å². The van der Waals surface area contributed by atoms with Gasteiger partial charge >= 0.3 is 5.97 Å². The van der Waals surface area contributed by atoms with E-state index in [0.717, 1.165) is 0 Å². The number of carboxylic acid groups (broad SMARTS) is 1. The minimum atomic E-state index is -1.22. The van der Waals surface area contributed by atoms with E-state index in [2.05, 4.69) is 4.98 Å². The molecule has 4 N–H and O–H groups in total. The Balaban J connectivity index is 2.24. The van der Waals surface area contributed by atoms with E-state index in [1.165, 1.54) is 0 Å². The Hall–Kier alpha value is -1.92. The highest BCUT2D eigenvalue weighted by Crippen LogP contribution is 2.22. The van der Waals surface area contributed by atoms with Gasteiger partial charge in [-0.2, -0.15) is 0 Å². The summed E-state index contributed by atoms with van der Waals surface area (Å²) in [6, 6.07) is 6.07. The van der Waals surface area contributed by atoms with Gasteiger partial charge in [-0.1, -0.05) is 12.1 Å². The molecule has 1 aromatic heterocycles. The predicted molar refractivity (Wildman–Crippen MR) is 59.2 cm³/mol. The monoisotopic (exact) mass is 236 g/mol. The number of aromatic nitrogens is 1. The molecule has 1 heterocycles. The van der Waals surface area contributed by atoms with Gasteiger partial charge in [0.1, 0.15) is 11.6 Å². The molecule has 0 radical (unpaired) electrons. The number of carbonyl (C=O) groups is 1. The molecule has 0 aliphatic heterocycles. The van der Waals surface area contributed by atoms with E-state index in [9.17, 15) is 9.90 Å². The summed E-state index contributed by atoms with van der Waals surface area (Å²) in [4.78, 5) is 14.5. The second-order valence-corrected chi connectivity index (χ2v) is 3.73. The fraction of sp³-hybridized carbons (Fsp3) is 0.273. The third-order valence-corrected chi connectivity index (χ3v) is 2.38. The van der Waals surface area contributed by atoms with Gasteiger partial charge in [0.25, 0.3) is 0 Å². The van der Waals surface area contributed by atoms with Gasteiger partial charge in [-0.25, -0.2) is 4.98 Å². The average molecular weight is 236 g/mol. The van der Waals surface area contributed by atoms with Crippen LogP contribution in [0.1, 0.15) is 18.4 Å². The van der Waals surface area contributed by atoms with Crippen LogP contribution in [0.25, 0.3) is 11.1 Å². The van der Waals surface area contributed by atoms with E-state index >= 15 is 0 Å². The molecule has 1 aromatic carbocycles. The minimum absolute atomic E-state index is 0.0416. The molecule has 0 saturated heterocycles. The molecule has 2 rings (SSSR count). The molecule has 0 spiro atoms. The van der Waals surface area contributed by atoms with Gasteiger partial charge < -0.3 is 20.4 Å². The van der Waals surface area contributed by atoms with Gasteiger partial charge in [0.2, 0.25) is 5.89 Å². The van der Waals surface area contributed by atoms with Crippen LogP contribution in [-0.2, 0) is 4.79 Å². The number of hydrogen-bond acceptors (Lipinski definition) is 5. The van der Waals surface area contributed by atoms with Crippen molar-refractivity contribution in [2.75, 3.05) is 0 Å². The zero-order chi connectivity index (χ0) is 12.4. The second-order valence-electron chi connectivity index (χ2n) is 3.73. The molecule has 17 heavy (non-hydrogen) atoms. The van der Waals surface area contributed by atoms with Crippen LogP contribution in [0.5, 0.6) is 0 Å². The number of oxazole rings is 1. The zero-order valence-electron chi connectivity index (χ0n) is 8.91. The van der Waals surface area contributed by atoms with Crippen molar-refractivity contribution in [3.63, 3.8) is 0 Å². The van der Waals surface area contributed by atoms with E-state index in [1.807, 2.05) is 0 Å². The van der Waals surface area contributed by atoms with E-state index in [4.69, 9.17) is 15.3 Å². The lowest BCUT2D eigenvalue weighted by atomic mass is 10.1. The summed E-state index contributed by atoms with van der Waals surface area (Å²) >= 11 is 0. The minimum Gasteiger partial charge on any atom is -0.481 e. The Bertz CT molecular complexity index is 504. The lowest BCUT2D eigenvalue weighted by molar-refractivity contribution is -0.138. The van der Waals surface area contributed by atoms with Crippen molar-refractivity contribution in [2.45, 2.75) is 18.6 Å². The first-order valence-electron chi connectivity index (χ1n) is 5.09. The number of nitrogens with zero attached hydrogens (tertiary/aromatic N) is 1. The Labute approximate surface area is 96.7 Å². The summed E-state index contributed by atoms with van der Waals surface area (Å²) in [6.45, 7) is 0. The van der Waals surface area contributed by atoms with Crippen molar-refractivity contribution in [1.82, 2.24) is 4.98 Å². The van der Waals surface area contributed by atoms with Gasteiger partial charge in [0, 0.05) is 6.04 Å². The first-order valence-corrected chi connectivity index (χ1v) is 5.09. The van der Waals surface area contributed by atoms with Crippen LogP contribution in [-0.4, -0.2) is 27.2 Å². The summed E-state index contributed by atoms with van der Waals surface area (Å²) < 4.78 is 5.30. The molecule has 0 aliphatic carbocycles. The van der Waals surface area contributed by atoms with Gasteiger partial charge in [0.05, 0.1) is 6.42 Å². The molecule has 2 atom stereocenters. The summed E-state index contributed by atoms with van der Waals surface area (Å²) in [5.41, 5.74) is 6.67. The average Bonchev–Trinajstić information content (AvgIpc) is 2.70. The van der Waals surface area contributed by atoms with Gasteiger partial charge in [-0.15, -0.1) is 0 Å². The Kier molecular flexibility index (Phi) is 3.08. The largest absolute Gasteiger partial charge is 0.481 e. The highest BCUT2D eigenvalue weighted by atomic mass is 16.4. The maximum atomic E-state index is 10.5. The van der Waals surface area contributed by atoms with Crippen molar-refractivity contribution in [1.29, 1.82) is 0 Å². The van der Waals surface area contributed by atoms with E-state index in [1.54, 1.807) is 24.3 Å². The SMILES string of the molecule is N[C@@H](CC(=O)O)C(O)c1nc2ccccc2o1. The summed E-state index contributed by atoms with van der Waals surface area (Å²) in [6.07, 6.45) is -1.57. The molecule has 0 saturated carbocycles. The number of aliphatic carboxylic acids is 1. The summed E-state index contributed by atoms with van der Waals surface area (Å²) in [5.74, 6) is -1.03. The zero-order valence-corrected chi connectivity index (χ0v) is 8.91. The molecular formula is C11H12N2O4. The highest BCUT2D eigenvalue weighted by Gasteiger charge is 2.24. The molecule has 6 nitrogen and oxygen atoms in total. The summed E-state index contributed by atoms with van der Waals surface area (Å²) in [7, 11) is 0. The van der Waals surface area contributed by atoms with Crippen LogP contribution >= 0.6 is 0 Å². The maximum Gasteiger partial charge on any atom is 0.305 e. The van der Waals surface area contributed by atoms with Crippen molar-refractivity contribution in [3.05, 3.63) is 30.2 Å². The van der Waals surface area contributed by atoms with Crippen LogP contribution < -0.4 is 5.73 Å². The Morgan fingerprint density at radius 2 is 2.18 bits per heavy atom. The number of hydrogen-bond donors (Lipinski definition) is 3. The van der Waals surface area contributed by atoms with Crippen LogP contribution in [0.4, 0.5) is 0 Å². The molecule has 0 amide bonds. The topological polar surface area (TPSA) is 110 Å². The number of aliphatic hydroxyl groups is 1. The molecular weight excluding hydrogens is 224 g/mol. The molecule has 0 fully saturated rings. The predicted octanol–water partition coefficient (Wildman–Crippen LogP) is 0.663. The number of carboxylic acids is 1. The van der Waals surface area contributed by atoms with E-state index in [-0.39, 0.29) is 12.3 Å². The van der Waals surface area contributed by atoms with Crippen LogP contribution in [0.15, 0.2) is 28.7 Å². The Morgan fingerprint density at radius 1 is 1.47 bits per heavy atom. The molecule has 90 valence electrons. The number of aliphatic hydroxyl groups excluding tert-OH is 1. The molecule has 0 aliphatic rings. The Morgan fingerprint density at radius 3 is 2.82 bits per heavy atom. The van der Waals surface area contributed by atoms with Crippen molar-refractivity contribution in [2.24, 2.45) is 5.73 Å². The third-order valence-electron chi connectivity index (χ3n) is 2.38. The fourth-order valence-electron chi connectivity index (χ4n) is 1.51. The molecule has 6 heteroatoms.